The van der Waals surface area contributed by atoms with E-state index in [1.165, 1.54) is 20.6 Å². The van der Waals surface area contributed by atoms with Gasteiger partial charge in [0.05, 0.1) is 22.5 Å². The van der Waals surface area contributed by atoms with Gasteiger partial charge in [-0.15, -0.1) is 23.5 Å². The van der Waals surface area contributed by atoms with Gasteiger partial charge in [0.15, 0.2) is 0 Å². The highest BCUT2D eigenvalue weighted by atomic mass is 32.2. The predicted octanol–water partition coefficient (Wildman–Crippen LogP) is 5.67. The van der Waals surface area contributed by atoms with Gasteiger partial charge >= 0.3 is 0 Å². The van der Waals surface area contributed by atoms with E-state index in [4.69, 9.17) is 0 Å². The average Bonchev–Trinajstić information content (AvgIpc) is 2.71. The third kappa shape index (κ3) is 3.85. The van der Waals surface area contributed by atoms with Crippen LogP contribution in [0.2, 0.25) is 0 Å². The SMILES string of the molecule is C(#CCSc1cccc2cccnc12)CSc1cccc2cccnc12. The van der Waals surface area contributed by atoms with E-state index in [9.17, 15) is 0 Å². The van der Waals surface area contributed by atoms with Crippen LogP contribution in [-0.2, 0) is 0 Å². The lowest BCUT2D eigenvalue weighted by Crippen LogP contribution is -1.84. The first-order valence-corrected chi connectivity index (χ1v) is 10.3. The average molecular weight is 373 g/mol. The molecule has 26 heavy (non-hydrogen) atoms. The topological polar surface area (TPSA) is 25.8 Å². The summed E-state index contributed by atoms with van der Waals surface area (Å²) in [5.74, 6) is 8.06. The first kappa shape index (κ1) is 17.0. The number of hydrogen-bond acceptors (Lipinski definition) is 4. The van der Waals surface area contributed by atoms with Crippen molar-refractivity contribution in [1.82, 2.24) is 9.97 Å². The van der Waals surface area contributed by atoms with Crippen molar-refractivity contribution in [3.05, 3.63) is 73.1 Å². The van der Waals surface area contributed by atoms with Crippen LogP contribution in [0.3, 0.4) is 0 Å². The van der Waals surface area contributed by atoms with Crippen molar-refractivity contribution in [1.29, 1.82) is 0 Å². The molecular weight excluding hydrogens is 356 g/mol. The summed E-state index contributed by atoms with van der Waals surface area (Å²) >= 11 is 3.48. The third-order valence-electron chi connectivity index (χ3n) is 3.92. The molecule has 0 saturated heterocycles. The van der Waals surface area contributed by atoms with Crippen LogP contribution in [0.25, 0.3) is 21.8 Å². The molecule has 0 aliphatic carbocycles. The largest absolute Gasteiger partial charge is 0.255 e. The van der Waals surface area contributed by atoms with Gasteiger partial charge in [-0.25, -0.2) is 0 Å². The standard InChI is InChI=1S/C22H16N2S2/c1(15-25-19-11-3-7-17-9-5-13-23-21(17)19)2-16-26-20-12-4-8-18-10-6-14-24-22(18)20/h3-14H,15-16H2. The molecule has 0 fully saturated rings. The molecule has 4 heteroatoms. The molecule has 0 bridgehead atoms. The second-order valence-corrected chi connectivity index (χ2v) is 7.63. The van der Waals surface area contributed by atoms with Gasteiger partial charge in [0.2, 0.25) is 0 Å². The highest BCUT2D eigenvalue weighted by molar-refractivity contribution is 8.00. The zero-order valence-electron chi connectivity index (χ0n) is 14.1. The van der Waals surface area contributed by atoms with Gasteiger partial charge in [0.25, 0.3) is 0 Å². The number of rotatable bonds is 4. The van der Waals surface area contributed by atoms with Gasteiger partial charge in [-0.2, -0.15) is 0 Å². The Morgan fingerprint density at radius 1 is 0.615 bits per heavy atom. The molecule has 2 nitrogen and oxygen atoms in total. The van der Waals surface area contributed by atoms with Crippen molar-refractivity contribution >= 4 is 45.3 Å². The van der Waals surface area contributed by atoms with Crippen LogP contribution < -0.4 is 0 Å². The van der Waals surface area contributed by atoms with Gasteiger partial charge < -0.3 is 0 Å². The molecule has 0 atom stereocenters. The molecule has 2 aromatic heterocycles. The maximum absolute atomic E-state index is 4.48. The molecule has 0 spiro atoms. The number of thioether (sulfide) groups is 2. The van der Waals surface area contributed by atoms with Crippen LogP contribution >= 0.6 is 23.5 Å². The molecule has 2 aromatic carbocycles. The van der Waals surface area contributed by atoms with Crippen LogP contribution in [0.1, 0.15) is 0 Å². The molecule has 0 unspecified atom stereocenters. The molecule has 0 aliphatic heterocycles. The van der Waals surface area contributed by atoms with Crippen molar-refractivity contribution in [3.8, 4) is 11.8 Å². The number of para-hydroxylation sites is 2. The van der Waals surface area contributed by atoms with Crippen LogP contribution in [0, 0.1) is 11.8 Å². The first-order valence-electron chi connectivity index (χ1n) is 8.31. The van der Waals surface area contributed by atoms with E-state index < -0.39 is 0 Å². The minimum absolute atomic E-state index is 0.768. The number of hydrogen-bond donors (Lipinski definition) is 0. The molecule has 0 aliphatic rings. The quantitative estimate of drug-likeness (QED) is 0.340. The molecular formula is C22H16N2S2. The van der Waals surface area contributed by atoms with Crippen LogP contribution in [0.4, 0.5) is 0 Å². The van der Waals surface area contributed by atoms with Crippen molar-refractivity contribution in [2.45, 2.75) is 9.79 Å². The summed E-state index contributed by atoms with van der Waals surface area (Å²) in [6, 6.07) is 20.7. The maximum Gasteiger partial charge on any atom is 0.0837 e. The molecule has 0 N–H and O–H groups in total. The zero-order chi connectivity index (χ0) is 17.6. The Morgan fingerprint density at radius 2 is 1.08 bits per heavy atom. The lowest BCUT2D eigenvalue weighted by Gasteiger charge is -2.03. The lowest BCUT2D eigenvalue weighted by molar-refractivity contribution is 1.35. The third-order valence-corrected chi connectivity index (χ3v) is 5.77. The predicted molar refractivity (Wildman–Crippen MR) is 113 cm³/mol. The van der Waals surface area contributed by atoms with Crippen molar-refractivity contribution < 1.29 is 0 Å². The van der Waals surface area contributed by atoms with Crippen LogP contribution in [0.5, 0.6) is 0 Å². The van der Waals surface area contributed by atoms with E-state index in [-0.39, 0.29) is 0 Å². The van der Waals surface area contributed by atoms with E-state index in [0.29, 0.717) is 0 Å². The lowest BCUT2D eigenvalue weighted by atomic mass is 10.2. The maximum atomic E-state index is 4.48. The highest BCUT2D eigenvalue weighted by Crippen LogP contribution is 2.27. The van der Waals surface area contributed by atoms with Gasteiger partial charge in [-0.05, 0) is 24.3 Å². The molecule has 0 amide bonds. The fourth-order valence-corrected chi connectivity index (χ4v) is 4.34. The van der Waals surface area contributed by atoms with Crippen molar-refractivity contribution in [2.75, 3.05) is 11.5 Å². The van der Waals surface area contributed by atoms with Gasteiger partial charge in [-0.3, -0.25) is 9.97 Å². The van der Waals surface area contributed by atoms with E-state index in [1.807, 2.05) is 24.5 Å². The van der Waals surface area contributed by atoms with E-state index in [1.54, 1.807) is 23.5 Å². The Labute approximate surface area is 161 Å². The van der Waals surface area contributed by atoms with Crippen LogP contribution in [0.15, 0.2) is 82.8 Å². The second-order valence-electron chi connectivity index (χ2n) is 5.59. The monoisotopic (exact) mass is 372 g/mol. The minimum atomic E-state index is 0.768. The summed E-state index contributed by atoms with van der Waals surface area (Å²) in [6.07, 6.45) is 3.68. The van der Waals surface area contributed by atoms with E-state index >= 15 is 0 Å². The minimum Gasteiger partial charge on any atom is -0.255 e. The number of benzene rings is 2. The van der Waals surface area contributed by atoms with Crippen LogP contribution in [-0.4, -0.2) is 21.5 Å². The fourth-order valence-electron chi connectivity index (χ4n) is 2.72. The van der Waals surface area contributed by atoms with Gasteiger partial charge in [0.1, 0.15) is 0 Å². The van der Waals surface area contributed by atoms with Gasteiger partial charge in [-0.1, -0.05) is 48.2 Å². The smallest absolute Gasteiger partial charge is 0.0837 e. The Morgan fingerprint density at radius 3 is 1.58 bits per heavy atom. The second kappa shape index (κ2) is 8.27. The fraction of sp³-hybridized carbons (Fsp3) is 0.0909. The van der Waals surface area contributed by atoms with Crippen molar-refractivity contribution in [3.63, 3.8) is 0 Å². The Hall–Kier alpha value is -2.48. The van der Waals surface area contributed by atoms with Gasteiger partial charge in [0, 0.05) is 33.0 Å². The zero-order valence-corrected chi connectivity index (χ0v) is 15.7. The first-order chi connectivity index (χ1) is 12.9. The summed E-state index contributed by atoms with van der Waals surface area (Å²) in [6.45, 7) is 0. The number of fused-ring (bicyclic) bond motifs is 2. The van der Waals surface area contributed by atoms with E-state index in [0.717, 1.165) is 22.5 Å². The molecule has 0 saturated carbocycles. The number of nitrogens with zero attached hydrogens (tertiary/aromatic N) is 2. The normalized spacial score (nSPS) is 10.6. The molecule has 4 aromatic rings. The number of aromatic nitrogens is 2. The molecule has 126 valence electrons. The summed E-state index contributed by atoms with van der Waals surface area (Å²) in [7, 11) is 0. The summed E-state index contributed by atoms with van der Waals surface area (Å²) in [5.41, 5.74) is 2.11. The Bertz CT molecular complexity index is 1020. The van der Waals surface area contributed by atoms with Crippen molar-refractivity contribution in [2.24, 2.45) is 0 Å². The highest BCUT2D eigenvalue weighted by Gasteiger charge is 2.02. The molecule has 2 heterocycles. The number of pyridine rings is 2. The summed E-state index contributed by atoms with van der Waals surface area (Å²) in [4.78, 5) is 11.3. The summed E-state index contributed by atoms with van der Waals surface area (Å²) < 4.78 is 0. The summed E-state index contributed by atoms with van der Waals surface area (Å²) in [5, 5.41) is 2.34. The molecule has 4 rings (SSSR count). The van der Waals surface area contributed by atoms with E-state index in [2.05, 4.69) is 70.3 Å². The molecule has 0 radical (unpaired) electrons. The Kier molecular flexibility index (Phi) is 5.39. The Balaban J connectivity index is 1.37.